The Morgan fingerprint density at radius 1 is 0.940 bits per heavy atom. The lowest BCUT2D eigenvalue weighted by Gasteiger charge is -2.41. The fourth-order valence-electron chi connectivity index (χ4n) is 5.34. The van der Waals surface area contributed by atoms with Gasteiger partial charge >= 0.3 is 5.97 Å². The van der Waals surface area contributed by atoms with Crippen LogP contribution in [0.4, 0.5) is 0 Å². The summed E-state index contributed by atoms with van der Waals surface area (Å²) in [6.07, 6.45) is 20.4. The first-order chi connectivity index (χ1) is 23.1. The zero-order valence-electron chi connectivity index (χ0n) is 33.9. The van der Waals surface area contributed by atoms with E-state index in [1.54, 1.807) is 13.0 Å². The van der Waals surface area contributed by atoms with Crippen LogP contribution in [0.15, 0.2) is 72.9 Å². The predicted molar refractivity (Wildman–Crippen MR) is 214 cm³/mol. The Balaban J connectivity index is 2.12. The van der Waals surface area contributed by atoms with Gasteiger partial charge in [0.05, 0.1) is 24.9 Å². The van der Waals surface area contributed by atoms with Crippen LogP contribution in [0.25, 0.3) is 0 Å². The van der Waals surface area contributed by atoms with Crippen LogP contribution in [0.2, 0.25) is 36.3 Å². The highest BCUT2D eigenvalue weighted by Crippen LogP contribution is 2.42. The highest BCUT2D eigenvalue weighted by atomic mass is 28.4. The summed E-state index contributed by atoms with van der Waals surface area (Å²) in [6, 6.07) is 8.64. The third-order valence-corrected chi connectivity index (χ3v) is 19.3. The molecule has 282 valence electrons. The number of hydrogen-bond acceptors (Lipinski definition) is 6. The second kappa shape index (κ2) is 19.1. The van der Waals surface area contributed by atoms with Crippen molar-refractivity contribution in [1.82, 2.24) is 0 Å². The van der Waals surface area contributed by atoms with Gasteiger partial charge < -0.3 is 23.1 Å². The van der Waals surface area contributed by atoms with Crippen molar-refractivity contribution in [3.8, 4) is 0 Å². The maximum Gasteiger partial charge on any atom is 0.330 e. The standard InChI is InChI=1S/C42H70O6Si2/c1-15-44-39(43)30-23-19-22-29-37(48-50(13,14)41(6,7)8)34-26-24-27-35(31-34)38-32-36(45-42(9,10)46-38)28-21-18-16-17-20-25-33(2)47-49(11,12)40(3,4)5/h16,18-19,21-24,26-28,30-31,33,36-38H,15,17,20,25,29,32H2,1-14H3/b18-16+,22-19+,28-21+,30-23-/t33-,36+,37+,38-/m1/s1. The third-order valence-electron chi connectivity index (χ3n) is 10.2. The molecule has 50 heavy (non-hydrogen) atoms. The molecule has 1 aliphatic heterocycles. The van der Waals surface area contributed by atoms with Crippen molar-refractivity contribution in [3.63, 3.8) is 0 Å². The quantitative estimate of drug-likeness (QED) is 0.0523. The summed E-state index contributed by atoms with van der Waals surface area (Å²) in [5.41, 5.74) is 2.25. The molecule has 4 atom stereocenters. The molecule has 1 aliphatic rings. The van der Waals surface area contributed by atoms with E-state index in [-0.39, 0.29) is 34.4 Å². The molecular formula is C42H70O6Si2. The molecule has 2 rings (SSSR count). The molecule has 0 N–H and O–H groups in total. The van der Waals surface area contributed by atoms with Crippen LogP contribution in [-0.4, -0.2) is 47.2 Å². The van der Waals surface area contributed by atoms with Crippen LogP contribution >= 0.6 is 0 Å². The number of hydrogen-bond donors (Lipinski definition) is 0. The van der Waals surface area contributed by atoms with Gasteiger partial charge in [-0.15, -0.1) is 0 Å². The monoisotopic (exact) mass is 726 g/mol. The summed E-state index contributed by atoms with van der Waals surface area (Å²) in [6.45, 7) is 31.3. The molecule has 0 bridgehead atoms. The van der Waals surface area contributed by atoms with Crippen molar-refractivity contribution in [1.29, 1.82) is 0 Å². The third kappa shape index (κ3) is 14.9. The fraction of sp³-hybridized carbons (Fsp3) is 0.643. The Morgan fingerprint density at radius 3 is 2.22 bits per heavy atom. The largest absolute Gasteiger partial charge is 0.463 e. The molecular weight excluding hydrogens is 657 g/mol. The molecule has 0 amide bonds. The van der Waals surface area contributed by atoms with Gasteiger partial charge in [-0.3, -0.25) is 0 Å². The average Bonchev–Trinajstić information content (AvgIpc) is 2.98. The number of unbranched alkanes of at least 4 members (excludes halogenated alkanes) is 1. The summed E-state index contributed by atoms with van der Waals surface area (Å²) in [7, 11) is -3.81. The maximum atomic E-state index is 11.7. The molecule has 0 saturated carbocycles. The van der Waals surface area contributed by atoms with E-state index in [4.69, 9.17) is 23.1 Å². The Bertz CT molecular complexity index is 1310. The van der Waals surface area contributed by atoms with E-state index >= 15 is 0 Å². The van der Waals surface area contributed by atoms with Crippen LogP contribution in [0.5, 0.6) is 0 Å². The van der Waals surface area contributed by atoms with E-state index in [1.807, 2.05) is 19.9 Å². The molecule has 6 nitrogen and oxygen atoms in total. The molecule has 1 heterocycles. The molecule has 8 heteroatoms. The minimum absolute atomic E-state index is 0.0652. The first-order valence-corrected chi connectivity index (χ1v) is 24.5. The highest BCUT2D eigenvalue weighted by Gasteiger charge is 2.40. The molecule has 0 aliphatic carbocycles. The number of esters is 1. The van der Waals surface area contributed by atoms with E-state index < -0.39 is 22.4 Å². The van der Waals surface area contributed by atoms with E-state index in [0.29, 0.717) is 19.1 Å². The summed E-state index contributed by atoms with van der Waals surface area (Å²) >= 11 is 0. The minimum Gasteiger partial charge on any atom is -0.463 e. The van der Waals surface area contributed by atoms with Gasteiger partial charge in [0.1, 0.15) is 0 Å². The summed E-state index contributed by atoms with van der Waals surface area (Å²) in [5.74, 6) is -1.06. The first-order valence-electron chi connectivity index (χ1n) is 18.7. The van der Waals surface area contributed by atoms with Gasteiger partial charge in [0.25, 0.3) is 0 Å². The number of benzene rings is 1. The lowest BCUT2D eigenvalue weighted by atomic mass is 9.96. The Kier molecular flexibility index (Phi) is 16.9. The average molecular weight is 727 g/mol. The van der Waals surface area contributed by atoms with Gasteiger partial charge in [0.15, 0.2) is 22.4 Å². The molecule has 0 aromatic heterocycles. The van der Waals surface area contributed by atoms with E-state index in [9.17, 15) is 4.79 Å². The highest BCUT2D eigenvalue weighted by molar-refractivity contribution is 6.74. The Hall–Kier alpha value is -2.08. The van der Waals surface area contributed by atoms with Crippen LogP contribution in [-0.2, 0) is 27.9 Å². The normalized spacial score (nSPS) is 20.7. The topological polar surface area (TPSA) is 63.2 Å². The van der Waals surface area contributed by atoms with Crippen LogP contribution in [0.3, 0.4) is 0 Å². The van der Waals surface area contributed by atoms with Gasteiger partial charge in [-0.25, -0.2) is 4.79 Å². The van der Waals surface area contributed by atoms with Crippen molar-refractivity contribution in [2.45, 2.75) is 168 Å². The molecule has 0 spiro atoms. The van der Waals surface area contributed by atoms with Gasteiger partial charge in [0.2, 0.25) is 0 Å². The number of carbonyl (C=O) groups is 1. The maximum absolute atomic E-state index is 11.7. The van der Waals surface area contributed by atoms with Crippen LogP contribution in [0, 0.1) is 0 Å². The van der Waals surface area contributed by atoms with Crippen molar-refractivity contribution in [2.24, 2.45) is 0 Å². The zero-order chi connectivity index (χ0) is 37.8. The van der Waals surface area contributed by atoms with Gasteiger partial charge in [-0.05, 0) is 101 Å². The summed E-state index contributed by atoms with van der Waals surface area (Å²) in [4.78, 5) is 11.7. The second-order valence-corrected chi connectivity index (χ2v) is 26.7. The fourth-order valence-corrected chi connectivity index (χ4v) is 8.11. The molecule has 0 unspecified atom stereocenters. The minimum atomic E-state index is -2.09. The lowest BCUT2D eigenvalue weighted by molar-refractivity contribution is -0.292. The van der Waals surface area contributed by atoms with E-state index in [1.165, 1.54) is 6.08 Å². The summed E-state index contributed by atoms with van der Waals surface area (Å²) < 4.78 is 31.3. The molecule has 1 aromatic carbocycles. The first kappa shape index (κ1) is 44.1. The van der Waals surface area contributed by atoms with Crippen molar-refractivity contribution >= 4 is 22.6 Å². The number of rotatable bonds is 17. The van der Waals surface area contributed by atoms with Gasteiger partial charge in [0, 0.05) is 18.6 Å². The van der Waals surface area contributed by atoms with Gasteiger partial charge in [-0.2, -0.15) is 0 Å². The summed E-state index contributed by atoms with van der Waals surface area (Å²) in [5, 5.41) is 0.301. The van der Waals surface area contributed by atoms with Crippen molar-refractivity contribution in [3.05, 3.63) is 84.0 Å². The predicted octanol–water partition coefficient (Wildman–Crippen LogP) is 12.1. The van der Waals surface area contributed by atoms with E-state index in [2.05, 4.69) is 129 Å². The van der Waals surface area contributed by atoms with Crippen molar-refractivity contribution < 1.29 is 27.9 Å². The number of allylic oxidation sites excluding steroid dienone is 5. The molecule has 1 fully saturated rings. The zero-order valence-corrected chi connectivity index (χ0v) is 35.9. The van der Waals surface area contributed by atoms with E-state index in [0.717, 1.165) is 36.8 Å². The SMILES string of the molecule is CCOC(=O)/C=C\C=C\C[C@H](O[Si](C)(C)C(C)(C)C)c1cccc([C@H]2C[C@H](/C=C/C=C/CCC[C@@H](C)O[Si](C)(C)C(C)(C)C)OC(C)(C)O2)c1. The van der Waals surface area contributed by atoms with Crippen LogP contribution in [0.1, 0.15) is 125 Å². The second-order valence-electron chi connectivity index (χ2n) is 17.1. The molecule has 1 saturated heterocycles. The van der Waals surface area contributed by atoms with Crippen molar-refractivity contribution in [2.75, 3.05) is 6.61 Å². The lowest BCUT2D eigenvalue weighted by Crippen LogP contribution is -2.43. The molecule has 1 aromatic rings. The van der Waals surface area contributed by atoms with Gasteiger partial charge in [-0.1, -0.05) is 108 Å². The number of carbonyl (C=O) groups excluding carboxylic acids is 1. The smallest absolute Gasteiger partial charge is 0.330 e. The molecule has 0 radical (unpaired) electrons. The Morgan fingerprint density at radius 2 is 1.58 bits per heavy atom. The van der Waals surface area contributed by atoms with Crippen LogP contribution < -0.4 is 0 Å². The Labute approximate surface area is 308 Å². The number of ether oxygens (including phenoxy) is 3.